The van der Waals surface area contributed by atoms with E-state index in [1.165, 1.54) is 17.0 Å². The predicted octanol–water partition coefficient (Wildman–Crippen LogP) is 0.0633. The van der Waals surface area contributed by atoms with Gasteiger partial charge in [0.05, 0.1) is 12.6 Å². The van der Waals surface area contributed by atoms with Crippen LogP contribution in [0.4, 0.5) is 0 Å². The van der Waals surface area contributed by atoms with Crippen molar-refractivity contribution in [2.75, 3.05) is 13.1 Å². The van der Waals surface area contributed by atoms with Crippen molar-refractivity contribution in [2.45, 2.75) is 43.8 Å². The van der Waals surface area contributed by atoms with Crippen LogP contribution in [0.25, 0.3) is 10.9 Å². The highest BCUT2D eigenvalue weighted by molar-refractivity contribution is 5.95. The summed E-state index contributed by atoms with van der Waals surface area (Å²) >= 11 is 0. The molecule has 1 aliphatic rings. The summed E-state index contributed by atoms with van der Waals surface area (Å²) in [6.07, 6.45) is 3.26. The molecule has 4 amide bonds. The zero-order chi connectivity index (χ0) is 27.2. The number of nitrogens with two attached hydrogens (primary N) is 2. The number of hydrogen-bond donors (Lipinski definition) is 6. The number of amides is 4. The van der Waals surface area contributed by atoms with Gasteiger partial charge in [-0.2, -0.15) is 0 Å². The molecule has 0 unspecified atom stereocenters. The lowest BCUT2D eigenvalue weighted by Crippen LogP contribution is -2.56. The van der Waals surface area contributed by atoms with Crippen molar-refractivity contribution in [1.82, 2.24) is 20.5 Å². The molecule has 0 aliphatic carbocycles. The number of aromatic hydroxyl groups is 1. The van der Waals surface area contributed by atoms with Crippen LogP contribution in [-0.2, 0) is 32.0 Å². The number of aromatic amines is 1. The normalized spacial score (nSPS) is 16.7. The first kappa shape index (κ1) is 26.7. The number of phenols is 1. The number of primary amides is 1. The number of carbonyl (C=O) groups excluding carboxylic acids is 4. The molecule has 0 bridgehead atoms. The summed E-state index contributed by atoms with van der Waals surface area (Å²) in [4.78, 5) is 55.3. The van der Waals surface area contributed by atoms with Crippen LogP contribution in [0, 0.1) is 0 Å². The minimum atomic E-state index is -0.996. The van der Waals surface area contributed by atoms with Crippen molar-refractivity contribution < 1.29 is 24.3 Å². The van der Waals surface area contributed by atoms with E-state index in [1.54, 1.807) is 18.3 Å². The lowest BCUT2D eigenvalue weighted by Gasteiger charge is -2.28. The van der Waals surface area contributed by atoms with Gasteiger partial charge in [0.25, 0.3) is 0 Å². The van der Waals surface area contributed by atoms with E-state index in [0.717, 1.165) is 22.0 Å². The minimum Gasteiger partial charge on any atom is -0.508 e. The molecule has 2 heterocycles. The van der Waals surface area contributed by atoms with Gasteiger partial charge in [0.15, 0.2) is 0 Å². The number of nitrogens with zero attached hydrogens (tertiary/aromatic N) is 1. The maximum atomic E-state index is 13.4. The topological polar surface area (TPSA) is 184 Å². The van der Waals surface area contributed by atoms with Crippen molar-refractivity contribution >= 4 is 34.5 Å². The van der Waals surface area contributed by atoms with E-state index < -0.39 is 35.8 Å². The lowest BCUT2D eigenvalue weighted by atomic mass is 10.0. The summed E-state index contributed by atoms with van der Waals surface area (Å²) in [7, 11) is 0. The Labute approximate surface area is 219 Å². The third-order valence-corrected chi connectivity index (χ3v) is 6.72. The Morgan fingerprint density at radius 1 is 1.08 bits per heavy atom. The van der Waals surface area contributed by atoms with Crippen LogP contribution in [0.3, 0.4) is 0 Å². The Morgan fingerprint density at radius 3 is 2.55 bits per heavy atom. The number of aromatic nitrogens is 1. The number of H-pyrrole nitrogens is 1. The van der Waals surface area contributed by atoms with Gasteiger partial charge in [-0.3, -0.25) is 19.2 Å². The molecule has 3 atom stereocenters. The Hall–Kier alpha value is -4.38. The summed E-state index contributed by atoms with van der Waals surface area (Å²) in [5, 5.41) is 15.6. The lowest BCUT2D eigenvalue weighted by molar-refractivity contribution is -0.140. The van der Waals surface area contributed by atoms with Crippen molar-refractivity contribution in [3.05, 3.63) is 65.9 Å². The van der Waals surface area contributed by atoms with E-state index in [4.69, 9.17) is 11.5 Å². The van der Waals surface area contributed by atoms with Crippen LogP contribution in [0.2, 0.25) is 0 Å². The maximum absolute atomic E-state index is 13.4. The Kier molecular flexibility index (Phi) is 8.27. The Morgan fingerprint density at radius 2 is 1.82 bits per heavy atom. The standard InChI is InChI=1S/C27H32N6O5/c28-20(12-16-7-9-18(34)10-8-16)27(38)33-11-3-6-23(33)26(37)32-22(25(36)31-15-24(29)35)13-17-14-30-21-5-2-1-4-19(17)21/h1-2,4-5,7-10,14,20,22-23,30,34H,3,6,11-13,15,28H2,(H2,29,35)(H,31,36)(H,32,37)/t20-,22-,23-/m0/s1. The summed E-state index contributed by atoms with van der Waals surface area (Å²) in [5.74, 6) is -1.96. The molecule has 8 N–H and O–H groups in total. The van der Waals surface area contributed by atoms with Gasteiger partial charge in [-0.1, -0.05) is 30.3 Å². The summed E-state index contributed by atoms with van der Waals surface area (Å²) in [5.41, 5.74) is 13.9. The molecule has 1 aromatic heterocycles. The second-order valence-electron chi connectivity index (χ2n) is 9.48. The number of likely N-dealkylation sites (tertiary alicyclic amines) is 1. The molecule has 3 aromatic rings. The van der Waals surface area contributed by atoms with E-state index in [0.29, 0.717) is 19.4 Å². The van der Waals surface area contributed by atoms with E-state index in [-0.39, 0.29) is 31.0 Å². The van der Waals surface area contributed by atoms with Crippen molar-refractivity contribution in [3.63, 3.8) is 0 Å². The molecule has 1 saturated heterocycles. The van der Waals surface area contributed by atoms with Crippen LogP contribution in [0.5, 0.6) is 5.75 Å². The molecule has 11 nitrogen and oxygen atoms in total. The fraction of sp³-hybridized carbons (Fsp3) is 0.333. The predicted molar refractivity (Wildman–Crippen MR) is 141 cm³/mol. The molecule has 11 heteroatoms. The Bertz CT molecular complexity index is 1320. The van der Waals surface area contributed by atoms with Gasteiger partial charge in [-0.15, -0.1) is 0 Å². The number of nitrogens with one attached hydrogen (secondary N) is 3. The molecule has 1 aliphatic heterocycles. The highest BCUT2D eigenvalue weighted by atomic mass is 16.3. The summed E-state index contributed by atoms with van der Waals surface area (Å²) in [6.45, 7) is 0.0143. The molecule has 4 rings (SSSR count). The van der Waals surface area contributed by atoms with Crippen LogP contribution in [0.15, 0.2) is 54.7 Å². The average Bonchev–Trinajstić information content (AvgIpc) is 3.55. The third kappa shape index (κ3) is 6.30. The van der Waals surface area contributed by atoms with Gasteiger partial charge in [0.1, 0.15) is 17.8 Å². The van der Waals surface area contributed by atoms with Gasteiger partial charge < -0.3 is 37.1 Å². The maximum Gasteiger partial charge on any atom is 0.243 e. The van der Waals surface area contributed by atoms with Gasteiger partial charge in [-0.25, -0.2) is 0 Å². The first-order chi connectivity index (χ1) is 18.2. The monoisotopic (exact) mass is 520 g/mol. The van der Waals surface area contributed by atoms with Gasteiger partial charge >= 0.3 is 0 Å². The number of phenolic OH excluding ortho intramolecular Hbond substituents is 1. The fourth-order valence-electron chi connectivity index (χ4n) is 4.78. The van der Waals surface area contributed by atoms with E-state index >= 15 is 0 Å². The Balaban J connectivity index is 1.47. The quantitative estimate of drug-likeness (QED) is 0.220. The molecule has 0 spiro atoms. The van der Waals surface area contributed by atoms with Gasteiger partial charge in [0.2, 0.25) is 23.6 Å². The molecular formula is C27H32N6O5. The minimum absolute atomic E-state index is 0.118. The van der Waals surface area contributed by atoms with Crippen LogP contribution in [0.1, 0.15) is 24.0 Å². The number of carbonyl (C=O) groups is 4. The molecule has 2 aromatic carbocycles. The van der Waals surface area contributed by atoms with Crippen LogP contribution in [-0.4, -0.2) is 69.8 Å². The first-order valence-corrected chi connectivity index (χ1v) is 12.5. The molecule has 1 fully saturated rings. The third-order valence-electron chi connectivity index (χ3n) is 6.72. The molecule has 200 valence electrons. The number of para-hydroxylation sites is 1. The number of fused-ring (bicyclic) bond motifs is 1. The zero-order valence-electron chi connectivity index (χ0n) is 20.9. The van der Waals surface area contributed by atoms with Crippen LogP contribution < -0.4 is 22.1 Å². The van der Waals surface area contributed by atoms with Crippen molar-refractivity contribution in [2.24, 2.45) is 11.5 Å². The molecule has 0 saturated carbocycles. The van der Waals surface area contributed by atoms with E-state index in [1.807, 2.05) is 24.3 Å². The largest absolute Gasteiger partial charge is 0.508 e. The highest BCUT2D eigenvalue weighted by Gasteiger charge is 2.37. The number of rotatable bonds is 10. The number of hydrogen-bond acceptors (Lipinski definition) is 6. The number of benzene rings is 2. The highest BCUT2D eigenvalue weighted by Crippen LogP contribution is 2.22. The average molecular weight is 521 g/mol. The van der Waals surface area contributed by atoms with Gasteiger partial charge in [0, 0.05) is 30.1 Å². The second-order valence-corrected chi connectivity index (χ2v) is 9.48. The molecule has 0 radical (unpaired) electrons. The van der Waals surface area contributed by atoms with E-state index in [2.05, 4.69) is 15.6 Å². The van der Waals surface area contributed by atoms with Gasteiger partial charge in [-0.05, 0) is 48.6 Å². The summed E-state index contributed by atoms with van der Waals surface area (Å²) < 4.78 is 0. The SMILES string of the molecule is NC(=O)CNC(=O)[C@H](Cc1c[nH]c2ccccc12)NC(=O)[C@@H]1CCCN1C(=O)[C@@H](N)Cc1ccc(O)cc1. The zero-order valence-corrected chi connectivity index (χ0v) is 20.9. The smallest absolute Gasteiger partial charge is 0.243 e. The first-order valence-electron chi connectivity index (χ1n) is 12.5. The molecular weight excluding hydrogens is 488 g/mol. The van der Waals surface area contributed by atoms with Crippen LogP contribution >= 0.6 is 0 Å². The van der Waals surface area contributed by atoms with Crippen molar-refractivity contribution in [1.29, 1.82) is 0 Å². The van der Waals surface area contributed by atoms with Crippen molar-refractivity contribution in [3.8, 4) is 5.75 Å². The van der Waals surface area contributed by atoms with E-state index in [9.17, 15) is 24.3 Å². The fourth-order valence-corrected chi connectivity index (χ4v) is 4.78. The summed E-state index contributed by atoms with van der Waals surface area (Å²) in [6, 6.07) is 11.4. The second kappa shape index (κ2) is 11.8. The molecule has 38 heavy (non-hydrogen) atoms.